The standard InChI is InChI=1S/C15H17FN2OS/c1-2-18(8-6-14-17-7-9-20-14)15(19)11-12-4-3-5-13(16)10-12/h3-5,7,9-10H,2,6,8,11H2,1H3. The molecular weight excluding hydrogens is 275 g/mol. The molecule has 2 rings (SSSR count). The second-order valence-corrected chi connectivity index (χ2v) is 5.44. The lowest BCUT2D eigenvalue weighted by Gasteiger charge is -2.20. The van der Waals surface area contributed by atoms with Crippen LogP contribution in [0.2, 0.25) is 0 Å². The van der Waals surface area contributed by atoms with Crippen LogP contribution in [0.1, 0.15) is 17.5 Å². The minimum Gasteiger partial charge on any atom is -0.342 e. The van der Waals surface area contributed by atoms with Crippen LogP contribution in [0.25, 0.3) is 0 Å². The summed E-state index contributed by atoms with van der Waals surface area (Å²) in [5.41, 5.74) is 0.711. The fraction of sp³-hybridized carbons (Fsp3) is 0.333. The summed E-state index contributed by atoms with van der Waals surface area (Å²) in [7, 11) is 0. The second kappa shape index (κ2) is 7.14. The molecule has 106 valence electrons. The van der Waals surface area contributed by atoms with Crippen LogP contribution in [0, 0.1) is 5.82 Å². The highest BCUT2D eigenvalue weighted by atomic mass is 32.1. The molecule has 3 nitrogen and oxygen atoms in total. The molecule has 2 aromatic rings. The van der Waals surface area contributed by atoms with Gasteiger partial charge in [0.1, 0.15) is 5.82 Å². The first-order chi connectivity index (χ1) is 9.69. The van der Waals surface area contributed by atoms with Crippen LogP contribution in [0.5, 0.6) is 0 Å². The topological polar surface area (TPSA) is 33.2 Å². The van der Waals surface area contributed by atoms with E-state index in [1.807, 2.05) is 12.3 Å². The Balaban J connectivity index is 1.91. The molecule has 0 radical (unpaired) electrons. The van der Waals surface area contributed by atoms with E-state index in [1.165, 1.54) is 12.1 Å². The van der Waals surface area contributed by atoms with Crippen molar-refractivity contribution in [1.82, 2.24) is 9.88 Å². The van der Waals surface area contributed by atoms with Crippen molar-refractivity contribution in [3.63, 3.8) is 0 Å². The predicted octanol–water partition coefficient (Wildman–Crippen LogP) is 2.92. The van der Waals surface area contributed by atoms with Crippen molar-refractivity contribution in [2.24, 2.45) is 0 Å². The number of halogens is 1. The van der Waals surface area contributed by atoms with Crippen LogP contribution in [-0.2, 0) is 17.6 Å². The van der Waals surface area contributed by atoms with Gasteiger partial charge in [-0.25, -0.2) is 9.37 Å². The van der Waals surface area contributed by atoms with Crippen molar-refractivity contribution in [2.45, 2.75) is 19.8 Å². The monoisotopic (exact) mass is 292 g/mol. The predicted molar refractivity (Wildman–Crippen MR) is 78.2 cm³/mol. The van der Waals surface area contributed by atoms with E-state index >= 15 is 0 Å². The first-order valence-corrected chi connectivity index (χ1v) is 7.47. The van der Waals surface area contributed by atoms with Gasteiger partial charge in [0, 0.05) is 31.1 Å². The van der Waals surface area contributed by atoms with Crippen molar-refractivity contribution < 1.29 is 9.18 Å². The Bertz CT molecular complexity index is 557. The Morgan fingerprint density at radius 2 is 2.30 bits per heavy atom. The molecule has 0 spiro atoms. The van der Waals surface area contributed by atoms with Gasteiger partial charge in [-0.15, -0.1) is 11.3 Å². The summed E-state index contributed by atoms with van der Waals surface area (Å²) in [6.07, 6.45) is 2.77. The highest BCUT2D eigenvalue weighted by molar-refractivity contribution is 7.09. The van der Waals surface area contributed by atoms with E-state index in [-0.39, 0.29) is 18.1 Å². The van der Waals surface area contributed by atoms with Gasteiger partial charge >= 0.3 is 0 Å². The summed E-state index contributed by atoms with van der Waals surface area (Å²) in [5, 5.41) is 2.96. The van der Waals surface area contributed by atoms with Gasteiger partial charge in [0.15, 0.2) is 0 Å². The number of benzene rings is 1. The Morgan fingerprint density at radius 3 is 2.95 bits per heavy atom. The maximum atomic E-state index is 13.1. The van der Waals surface area contributed by atoms with Gasteiger partial charge in [0.05, 0.1) is 11.4 Å². The minimum atomic E-state index is -0.305. The third-order valence-electron chi connectivity index (χ3n) is 3.06. The smallest absolute Gasteiger partial charge is 0.226 e. The average molecular weight is 292 g/mol. The molecule has 20 heavy (non-hydrogen) atoms. The van der Waals surface area contributed by atoms with E-state index in [4.69, 9.17) is 0 Å². The quantitative estimate of drug-likeness (QED) is 0.820. The minimum absolute atomic E-state index is 0.0228. The van der Waals surface area contributed by atoms with Crippen molar-refractivity contribution in [3.05, 3.63) is 52.2 Å². The summed E-state index contributed by atoms with van der Waals surface area (Å²) >= 11 is 1.59. The number of hydrogen-bond donors (Lipinski definition) is 0. The molecular formula is C15H17FN2OS. The van der Waals surface area contributed by atoms with E-state index in [0.717, 1.165) is 11.4 Å². The van der Waals surface area contributed by atoms with Gasteiger partial charge in [-0.1, -0.05) is 12.1 Å². The Kier molecular flexibility index (Phi) is 5.24. The lowest BCUT2D eigenvalue weighted by atomic mass is 10.1. The second-order valence-electron chi connectivity index (χ2n) is 4.46. The molecule has 0 aliphatic rings. The molecule has 1 amide bonds. The van der Waals surface area contributed by atoms with E-state index in [1.54, 1.807) is 34.6 Å². The Labute approximate surface area is 122 Å². The summed E-state index contributed by atoms with van der Waals surface area (Å²) in [6.45, 7) is 3.25. The largest absolute Gasteiger partial charge is 0.342 e. The lowest BCUT2D eigenvalue weighted by molar-refractivity contribution is -0.130. The zero-order valence-electron chi connectivity index (χ0n) is 11.4. The van der Waals surface area contributed by atoms with Crippen LogP contribution < -0.4 is 0 Å². The number of nitrogens with zero attached hydrogens (tertiary/aromatic N) is 2. The number of thiazole rings is 1. The van der Waals surface area contributed by atoms with Crippen LogP contribution in [0.3, 0.4) is 0 Å². The maximum Gasteiger partial charge on any atom is 0.226 e. The molecule has 1 aromatic heterocycles. The third kappa shape index (κ3) is 4.13. The fourth-order valence-corrected chi connectivity index (χ4v) is 2.61. The molecule has 0 fully saturated rings. The summed E-state index contributed by atoms with van der Waals surface area (Å²) in [6, 6.07) is 6.19. The zero-order valence-corrected chi connectivity index (χ0v) is 12.2. The van der Waals surface area contributed by atoms with E-state index in [0.29, 0.717) is 18.7 Å². The van der Waals surface area contributed by atoms with E-state index in [2.05, 4.69) is 4.98 Å². The molecule has 0 unspecified atom stereocenters. The summed E-state index contributed by atoms with van der Waals surface area (Å²) in [5.74, 6) is -0.282. The SMILES string of the molecule is CCN(CCc1nccs1)C(=O)Cc1cccc(F)c1. The Hall–Kier alpha value is -1.75. The third-order valence-corrected chi connectivity index (χ3v) is 3.90. The number of carbonyl (C=O) groups is 1. The fourth-order valence-electron chi connectivity index (χ4n) is 2.00. The van der Waals surface area contributed by atoms with E-state index in [9.17, 15) is 9.18 Å². The molecule has 0 atom stereocenters. The van der Waals surface area contributed by atoms with Crippen LogP contribution >= 0.6 is 11.3 Å². The van der Waals surface area contributed by atoms with Gasteiger partial charge in [0.2, 0.25) is 5.91 Å². The first kappa shape index (κ1) is 14.7. The highest BCUT2D eigenvalue weighted by Crippen LogP contribution is 2.09. The average Bonchev–Trinajstić information content (AvgIpc) is 2.92. The van der Waals surface area contributed by atoms with Gasteiger partial charge in [-0.2, -0.15) is 0 Å². The maximum absolute atomic E-state index is 13.1. The highest BCUT2D eigenvalue weighted by Gasteiger charge is 2.13. The van der Waals surface area contributed by atoms with Gasteiger partial charge in [-0.05, 0) is 24.6 Å². The van der Waals surface area contributed by atoms with Crippen LogP contribution in [0.4, 0.5) is 4.39 Å². The van der Waals surface area contributed by atoms with Gasteiger partial charge in [-0.3, -0.25) is 4.79 Å². The molecule has 1 aromatic carbocycles. The zero-order chi connectivity index (χ0) is 14.4. The molecule has 0 aliphatic carbocycles. The number of hydrogen-bond acceptors (Lipinski definition) is 3. The molecule has 0 saturated heterocycles. The van der Waals surface area contributed by atoms with Gasteiger partial charge in [0.25, 0.3) is 0 Å². The normalized spacial score (nSPS) is 10.5. The molecule has 5 heteroatoms. The lowest BCUT2D eigenvalue weighted by Crippen LogP contribution is -2.33. The molecule has 0 saturated carbocycles. The number of carbonyl (C=O) groups excluding carboxylic acids is 1. The van der Waals surface area contributed by atoms with Crippen LogP contribution in [-0.4, -0.2) is 28.9 Å². The number of aromatic nitrogens is 1. The van der Waals surface area contributed by atoms with E-state index < -0.39 is 0 Å². The molecule has 0 aliphatic heterocycles. The summed E-state index contributed by atoms with van der Waals surface area (Å²) in [4.78, 5) is 18.2. The molecule has 0 N–H and O–H groups in total. The number of amides is 1. The van der Waals surface area contributed by atoms with Gasteiger partial charge < -0.3 is 4.90 Å². The van der Waals surface area contributed by atoms with Crippen molar-refractivity contribution in [2.75, 3.05) is 13.1 Å². The Morgan fingerprint density at radius 1 is 1.45 bits per heavy atom. The van der Waals surface area contributed by atoms with Crippen molar-refractivity contribution >= 4 is 17.2 Å². The van der Waals surface area contributed by atoms with Crippen LogP contribution in [0.15, 0.2) is 35.8 Å². The number of rotatable bonds is 6. The molecule has 1 heterocycles. The molecule has 0 bridgehead atoms. The summed E-state index contributed by atoms with van der Waals surface area (Å²) < 4.78 is 13.1. The van der Waals surface area contributed by atoms with Crippen molar-refractivity contribution in [1.29, 1.82) is 0 Å². The first-order valence-electron chi connectivity index (χ1n) is 6.59. The van der Waals surface area contributed by atoms with Crippen molar-refractivity contribution in [3.8, 4) is 0 Å². The number of likely N-dealkylation sites (N-methyl/N-ethyl adjacent to an activating group) is 1.